The maximum absolute atomic E-state index is 12.9. The predicted molar refractivity (Wildman–Crippen MR) is 129 cm³/mol. The second-order valence-corrected chi connectivity index (χ2v) is 8.36. The Labute approximate surface area is 197 Å². The van der Waals surface area contributed by atoms with Crippen molar-refractivity contribution in [3.8, 4) is 5.75 Å². The molecule has 4 rings (SSSR count). The van der Waals surface area contributed by atoms with Gasteiger partial charge < -0.3 is 20.1 Å². The van der Waals surface area contributed by atoms with Crippen molar-refractivity contribution in [1.29, 1.82) is 0 Å². The molecule has 1 saturated heterocycles. The SMILES string of the molecule is O=C(Cc1ccccc1Nc1c(Cl)cccc1Cl)Nc1ccccc1OCC1CCCO1. The van der Waals surface area contributed by atoms with E-state index in [1.807, 2.05) is 48.5 Å². The van der Waals surface area contributed by atoms with Gasteiger partial charge in [-0.05, 0) is 48.7 Å². The minimum atomic E-state index is -0.155. The molecule has 1 aliphatic rings. The summed E-state index contributed by atoms with van der Waals surface area (Å²) in [4.78, 5) is 12.9. The predicted octanol–water partition coefficient (Wildman–Crippen LogP) is 6.48. The average molecular weight is 471 g/mol. The van der Waals surface area contributed by atoms with Gasteiger partial charge in [-0.3, -0.25) is 4.79 Å². The van der Waals surface area contributed by atoms with E-state index in [1.165, 1.54) is 0 Å². The molecule has 7 heteroatoms. The molecule has 1 aliphatic heterocycles. The molecule has 0 aromatic heterocycles. The van der Waals surface area contributed by atoms with Gasteiger partial charge in [0.1, 0.15) is 12.4 Å². The highest BCUT2D eigenvalue weighted by atomic mass is 35.5. The Kier molecular flexibility index (Phi) is 7.53. The van der Waals surface area contributed by atoms with Crippen molar-refractivity contribution >= 4 is 46.2 Å². The van der Waals surface area contributed by atoms with Crippen molar-refractivity contribution in [2.75, 3.05) is 23.8 Å². The second kappa shape index (κ2) is 10.7. The number of halogens is 2. The summed E-state index contributed by atoms with van der Waals surface area (Å²) in [6.07, 6.45) is 2.33. The highest BCUT2D eigenvalue weighted by Gasteiger charge is 2.17. The Morgan fingerprint density at radius 1 is 0.969 bits per heavy atom. The quantitative estimate of drug-likeness (QED) is 0.395. The lowest BCUT2D eigenvalue weighted by Crippen LogP contribution is -2.19. The number of carbonyl (C=O) groups is 1. The summed E-state index contributed by atoms with van der Waals surface area (Å²) < 4.78 is 11.5. The third-order valence-electron chi connectivity index (χ3n) is 5.20. The van der Waals surface area contributed by atoms with Crippen LogP contribution in [-0.2, 0) is 16.0 Å². The first-order valence-electron chi connectivity index (χ1n) is 10.5. The number of carbonyl (C=O) groups excluding carboxylic acids is 1. The molecule has 0 spiro atoms. The van der Waals surface area contributed by atoms with Gasteiger partial charge in [-0.15, -0.1) is 0 Å². The van der Waals surface area contributed by atoms with Crippen molar-refractivity contribution < 1.29 is 14.3 Å². The minimum absolute atomic E-state index is 0.105. The Morgan fingerprint density at radius 3 is 2.44 bits per heavy atom. The van der Waals surface area contributed by atoms with Crippen LogP contribution in [0.4, 0.5) is 17.1 Å². The molecule has 166 valence electrons. The van der Waals surface area contributed by atoms with Gasteiger partial charge in [-0.25, -0.2) is 0 Å². The minimum Gasteiger partial charge on any atom is -0.489 e. The number of nitrogens with one attached hydrogen (secondary N) is 2. The van der Waals surface area contributed by atoms with Crippen LogP contribution in [0.3, 0.4) is 0 Å². The van der Waals surface area contributed by atoms with Crippen LogP contribution in [0.2, 0.25) is 10.0 Å². The molecular formula is C25H24Cl2N2O3. The smallest absolute Gasteiger partial charge is 0.228 e. The number of hydrogen-bond acceptors (Lipinski definition) is 4. The molecule has 1 unspecified atom stereocenters. The number of rotatable bonds is 8. The number of amides is 1. The highest BCUT2D eigenvalue weighted by Crippen LogP contribution is 2.34. The molecule has 0 radical (unpaired) electrons. The normalized spacial score (nSPS) is 15.4. The fourth-order valence-corrected chi connectivity index (χ4v) is 4.06. The molecule has 32 heavy (non-hydrogen) atoms. The summed E-state index contributed by atoms with van der Waals surface area (Å²) in [5, 5.41) is 7.24. The number of benzene rings is 3. The molecule has 0 bridgehead atoms. The van der Waals surface area contributed by atoms with E-state index < -0.39 is 0 Å². The van der Waals surface area contributed by atoms with Gasteiger partial charge >= 0.3 is 0 Å². The third kappa shape index (κ3) is 5.74. The van der Waals surface area contributed by atoms with Crippen molar-refractivity contribution in [3.63, 3.8) is 0 Å². The van der Waals surface area contributed by atoms with E-state index in [2.05, 4.69) is 10.6 Å². The van der Waals surface area contributed by atoms with Crippen molar-refractivity contribution in [1.82, 2.24) is 0 Å². The van der Waals surface area contributed by atoms with Crippen LogP contribution >= 0.6 is 23.2 Å². The van der Waals surface area contributed by atoms with E-state index in [1.54, 1.807) is 18.2 Å². The van der Waals surface area contributed by atoms with Gasteiger partial charge in [0.2, 0.25) is 5.91 Å². The third-order valence-corrected chi connectivity index (χ3v) is 5.83. The number of hydrogen-bond donors (Lipinski definition) is 2. The Morgan fingerprint density at radius 2 is 1.69 bits per heavy atom. The van der Waals surface area contributed by atoms with Gasteiger partial charge in [-0.1, -0.05) is 59.6 Å². The summed E-state index contributed by atoms with van der Waals surface area (Å²) in [5.74, 6) is 0.475. The molecule has 3 aromatic carbocycles. The Bertz CT molecular complexity index is 1060. The maximum atomic E-state index is 12.9. The fraction of sp³-hybridized carbons (Fsp3) is 0.240. The van der Waals surface area contributed by atoms with Gasteiger partial charge in [0.15, 0.2) is 0 Å². The molecule has 3 aromatic rings. The molecule has 1 atom stereocenters. The standard InChI is InChI=1S/C25H24Cl2N2O3/c26-19-9-5-10-20(27)25(19)29-21-11-2-1-7-17(21)15-24(30)28-22-12-3-4-13-23(22)32-16-18-8-6-14-31-18/h1-5,7,9-13,18,29H,6,8,14-16H2,(H,28,30). The zero-order chi connectivity index (χ0) is 22.3. The lowest BCUT2D eigenvalue weighted by Gasteiger charge is -2.16. The van der Waals surface area contributed by atoms with Gasteiger partial charge in [0, 0.05) is 12.3 Å². The second-order valence-electron chi connectivity index (χ2n) is 7.55. The van der Waals surface area contributed by atoms with Crippen LogP contribution < -0.4 is 15.4 Å². The Balaban J connectivity index is 1.44. The largest absolute Gasteiger partial charge is 0.489 e. The molecule has 1 heterocycles. The van der Waals surface area contributed by atoms with Crippen LogP contribution in [0, 0.1) is 0 Å². The van der Waals surface area contributed by atoms with Gasteiger partial charge in [0.25, 0.3) is 0 Å². The molecule has 2 N–H and O–H groups in total. The molecular weight excluding hydrogens is 447 g/mol. The molecule has 5 nitrogen and oxygen atoms in total. The zero-order valence-electron chi connectivity index (χ0n) is 17.4. The topological polar surface area (TPSA) is 59.6 Å². The monoisotopic (exact) mass is 470 g/mol. The lowest BCUT2D eigenvalue weighted by molar-refractivity contribution is -0.115. The van der Waals surface area contributed by atoms with Crippen LogP contribution in [0.15, 0.2) is 66.7 Å². The van der Waals surface area contributed by atoms with Crippen LogP contribution in [0.25, 0.3) is 0 Å². The molecule has 1 amide bonds. The van der Waals surface area contributed by atoms with Gasteiger partial charge in [0.05, 0.1) is 33.9 Å². The van der Waals surface area contributed by atoms with Crippen LogP contribution in [0.5, 0.6) is 5.75 Å². The molecule has 0 saturated carbocycles. The lowest BCUT2D eigenvalue weighted by atomic mass is 10.1. The number of para-hydroxylation sites is 4. The fourth-order valence-electron chi connectivity index (χ4n) is 3.57. The molecule has 0 aliphatic carbocycles. The zero-order valence-corrected chi connectivity index (χ0v) is 19.0. The van der Waals surface area contributed by atoms with Crippen LogP contribution in [0.1, 0.15) is 18.4 Å². The molecule has 1 fully saturated rings. The first kappa shape index (κ1) is 22.5. The summed E-state index contributed by atoms with van der Waals surface area (Å²) in [6, 6.07) is 20.3. The van der Waals surface area contributed by atoms with E-state index in [4.69, 9.17) is 32.7 Å². The van der Waals surface area contributed by atoms with Crippen molar-refractivity contribution in [2.24, 2.45) is 0 Å². The maximum Gasteiger partial charge on any atom is 0.228 e. The first-order valence-corrected chi connectivity index (χ1v) is 11.3. The summed E-state index contributed by atoms with van der Waals surface area (Å²) in [5.41, 5.74) is 2.82. The highest BCUT2D eigenvalue weighted by molar-refractivity contribution is 6.39. The van der Waals surface area contributed by atoms with Crippen molar-refractivity contribution in [3.05, 3.63) is 82.3 Å². The van der Waals surface area contributed by atoms with E-state index in [0.29, 0.717) is 33.8 Å². The first-order chi connectivity index (χ1) is 15.6. The summed E-state index contributed by atoms with van der Waals surface area (Å²) in [6.45, 7) is 1.25. The van der Waals surface area contributed by atoms with Crippen LogP contribution in [-0.4, -0.2) is 25.2 Å². The number of anilines is 3. The van der Waals surface area contributed by atoms with Gasteiger partial charge in [-0.2, -0.15) is 0 Å². The average Bonchev–Trinajstić information content (AvgIpc) is 3.30. The van der Waals surface area contributed by atoms with E-state index in [9.17, 15) is 4.79 Å². The van der Waals surface area contributed by atoms with E-state index >= 15 is 0 Å². The summed E-state index contributed by atoms with van der Waals surface area (Å²) >= 11 is 12.6. The van der Waals surface area contributed by atoms with Crippen molar-refractivity contribution in [2.45, 2.75) is 25.4 Å². The van der Waals surface area contributed by atoms with E-state index in [0.717, 1.165) is 30.7 Å². The summed E-state index contributed by atoms with van der Waals surface area (Å²) in [7, 11) is 0. The van der Waals surface area contributed by atoms with E-state index in [-0.39, 0.29) is 18.4 Å². The number of ether oxygens (including phenoxy) is 2. The Hall–Kier alpha value is -2.73.